The van der Waals surface area contributed by atoms with Crippen molar-refractivity contribution in [2.24, 2.45) is 17.8 Å². The van der Waals surface area contributed by atoms with Crippen molar-refractivity contribution in [2.75, 3.05) is 26.3 Å². The van der Waals surface area contributed by atoms with Crippen molar-refractivity contribution in [3.8, 4) is 23.2 Å². The minimum Gasteiger partial charge on any atom is -0.385 e. The molecule has 7 nitrogen and oxygen atoms in total. The van der Waals surface area contributed by atoms with Crippen molar-refractivity contribution in [3.63, 3.8) is 0 Å². The van der Waals surface area contributed by atoms with Gasteiger partial charge >= 0.3 is 0 Å². The molecule has 3 fully saturated rings. The van der Waals surface area contributed by atoms with E-state index in [4.69, 9.17) is 9.26 Å². The van der Waals surface area contributed by atoms with Crippen LogP contribution in [0.5, 0.6) is 0 Å². The van der Waals surface area contributed by atoms with Crippen LogP contribution in [-0.2, 0) is 11.3 Å². The zero-order chi connectivity index (χ0) is 21.7. The van der Waals surface area contributed by atoms with Crippen molar-refractivity contribution in [1.82, 2.24) is 19.6 Å². The Bertz CT molecular complexity index is 1150. The van der Waals surface area contributed by atoms with E-state index in [1.807, 2.05) is 41.1 Å². The molecule has 6 rings (SSSR count). The number of ether oxygens (including phenoxy) is 1. The summed E-state index contributed by atoms with van der Waals surface area (Å²) in [6.45, 7) is 6.38. The Hall–Kier alpha value is -2.92. The van der Waals surface area contributed by atoms with E-state index in [0.717, 1.165) is 47.6 Å². The molecule has 0 amide bonds. The van der Waals surface area contributed by atoms with Crippen LogP contribution in [0.3, 0.4) is 0 Å². The van der Waals surface area contributed by atoms with Crippen molar-refractivity contribution >= 4 is 0 Å². The summed E-state index contributed by atoms with van der Waals surface area (Å²) in [5, 5.41) is 14.0. The summed E-state index contributed by atoms with van der Waals surface area (Å²) in [6, 6.07) is 10.7. The summed E-state index contributed by atoms with van der Waals surface area (Å²) in [5.74, 6) is 10.2. The lowest BCUT2D eigenvalue weighted by Gasteiger charge is -2.35. The Labute approximate surface area is 187 Å². The molecular formula is C25H26N4O3. The second-order valence-electron chi connectivity index (χ2n) is 9.12. The van der Waals surface area contributed by atoms with Gasteiger partial charge in [-0.25, -0.2) is 4.98 Å². The third kappa shape index (κ3) is 3.65. The fourth-order valence-electron chi connectivity index (χ4n) is 4.91. The maximum Gasteiger partial charge on any atom is 0.167 e. The average molecular weight is 431 g/mol. The van der Waals surface area contributed by atoms with E-state index in [2.05, 4.69) is 26.9 Å². The molecule has 1 saturated carbocycles. The maximum absolute atomic E-state index is 9.81. The Morgan fingerprint density at radius 2 is 1.97 bits per heavy atom. The molecule has 2 aliphatic heterocycles. The Kier molecular flexibility index (Phi) is 4.87. The topological polar surface area (TPSA) is 76.6 Å². The first kappa shape index (κ1) is 19.7. The lowest BCUT2D eigenvalue weighted by molar-refractivity contribution is -0.0612. The molecular weight excluding hydrogens is 404 g/mol. The van der Waals surface area contributed by atoms with Gasteiger partial charge in [0.1, 0.15) is 17.6 Å². The van der Waals surface area contributed by atoms with Gasteiger partial charge in [-0.05, 0) is 43.0 Å². The van der Waals surface area contributed by atoms with Crippen LogP contribution < -0.4 is 0 Å². The third-order valence-corrected chi connectivity index (χ3v) is 6.92. The monoisotopic (exact) mass is 430 g/mol. The van der Waals surface area contributed by atoms with Gasteiger partial charge in [0.15, 0.2) is 5.76 Å². The predicted octanol–water partition coefficient (Wildman–Crippen LogP) is 2.57. The highest BCUT2D eigenvalue weighted by Gasteiger charge is 2.56. The van der Waals surface area contributed by atoms with E-state index in [1.165, 1.54) is 13.1 Å². The van der Waals surface area contributed by atoms with Crippen molar-refractivity contribution in [2.45, 2.75) is 25.6 Å². The SMILES string of the molecule is C[C@H](O)c1nccn1Cc1cc(-c2ccc(C#CC3[C@H]4CN(C5COC5)C[C@@H]34)cc2)on1. The highest BCUT2D eigenvalue weighted by Crippen LogP contribution is 2.52. The van der Waals surface area contributed by atoms with Crippen LogP contribution in [-0.4, -0.2) is 57.1 Å². The number of rotatable bonds is 5. The molecule has 3 aromatic rings. The number of benzene rings is 1. The van der Waals surface area contributed by atoms with Crippen molar-refractivity contribution in [3.05, 3.63) is 59.8 Å². The van der Waals surface area contributed by atoms with Crippen LogP contribution in [0.4, 0.5) is 0 Å². The number of aliphatic hydroxyl groups is 1. The van der Waals surface area contributed by atoms with Gasteiger partial charge in [0.2, 0.25) is 0 Å². The summed E-state index contributed by atoms with van der Waals surface area (Å²) in [5.41, 5.74) is 2.78. The van der Waals surface area contributed by atoms with Gasteiger partial charge in [0, 0.05) is 48.6 Å². The van der Waals surface area contributed by atoms with Crippen LogP contribution in [0, 0.1) is 29.6 Å². The molecule has 2 saturated heterocycles. The Morgan fingerprint density at radius 3 is 2.66 bits per heavy atom. The molecule has 1 aliphatic carbocycles. The van der Waals surface area contributed by atoms with Crippen LogP contribution in [0.15, 0.2) is 47.2 Å². The molecule has 164 valence electrons. The van der Waals surface area contributed by atoms with E-state index < -0.39 is 6.10 Å². The van der Waals surface area contributed by atoms with E-state index in [9.17, 15) is 5.11 Å². The van der Waals surface area contributed by atoms with Crippen LogP contribution in [0.1, 0.15) is 30.1 Å². The number of aliphatic hydroxyl groups excluding tert-OH is 1. The largest absolute Gasteiger partial charge is 0.385 e. The number of imidazole rings is 1. The number of aromatic nitrogens is 3. The molecule has 1 aromatic carbocycles. The fraction of sp³-hybridized carbons (Fsp3) is 0.440. The highest BCUT2D eigenvalue weighted by atomic mass is 16.5. The van der Waals surface area contributed by atoms with Crippen LogP contribution in [0.25, 0.3) is 11.3 Å². The van der Waals surface area contributed by atoms with E-state index in [1.54, 1.807) is 13.1 Å². The van der Waals surface area contributed by atoms with E-state index >= 15 is 0 Å². The number of likely N-dealkylation sites (tertiary alicyclic amines) is 1. The predicted molar refractivity (Wildman–Crippen MR) is 117 cm³/mol. The fourth-order valence-corrected chi connectivity index (χ4v) is 4.91. The second kappa shape index (κ2) is 7.89. The number of hydrogen-bond acceptors (Lipinski definition) is 6. The molecule has 0 radical (unpaired) electrons. The molecule has 1 unspecified atom stereocenters. The first-order valence-corrected chi connectivity index (χ1v) is 11.2. The van der Waals surface area contributed by atoms with Gasteiger partial charge in [-0.15, -0.1) is 0 Å². The molecule has 1 N–H and O–H groups in total. The molecule has 7 heteroatoms. The molecule has 0 spiro atoms. The number of nitrogens with zero attached hydrogens (tertiary/aromatic N) is 4. The van der Waals surface area contributed by atoms with Crippen molar-refractivity contribution in [1.29, 1.82) is 0 Å². The standard InChI is InChI=1S/C25H26N4O3/c1-16(30)25-26-8-9-28(25)11-19-10-24(32-27-19)18-5-2-17(3-6-18)4-7-21-22-12-29(13-23(21)22)20-14-31-15-20/h2-3,5-6,8-10,16,20-23,30H,11-15H2,1H3/t16-,21?,22-,23+/m0/s1. The zero-order valence-electron chi connectivity index (χ0n) is 18.0. The van der Waals surface area contributed by atoms with Gasteiger partial charge in [-0.2, -0.15) is 0 Å². The molecule has 0 bridgehead atoms. The quantitative estimate of drug-likeness (QED) is 0.627. The molecule has 2 aromatic heterocycles. The highest BCUT2D eigenvalue weighted by molar-refractivity contribution is 5.59. The summed E-state index contributed by atoms with van der Waals surface area (Å²) in [7, 11) is 0. The first-order chi connectivity index (χ1) is 15.7. The number of piperidine rings is 1. The minimum absolute atomic E-state index is 0.502. The Morgan fingerprint density at radius 1 is 1.19 bits per heavy atom. The summed E-state index contributed by atoms with van der Waals surface area (Å²) >= 11 is 0. The van der Waals surface area contributed by atoms with Gasteiger partial charge in [-0.3, -0.25) is 4.90 Å². The van der Waals surface area contributed by atoms with Gasteiger partial charge in [-0.1, -0.05) is 17.0 Å². The van der Waals surface area contributed by atoms with Gasteiger partial charge < -0.3 is 18.9 Å². The average Bonchev–Trinajstić information content (AvgIpc) is 3.23. The lowest BCUT2D eigenvalue weighted by Crippen LogP contribution is -2.48. The number of hydrogen-bond donors (Lipinski definition) is 1. The van der Waals surface area contributed by atoms with Crippen LogP contribution >= 0.6 is 0 Å². The zero-order valence-corrected chi connectivity index (χ0v) is 18.0. The van der Waals surface area contributed by atoms with Gasteiger partial charge in [0.05, 0.1) is 25.8 Å². The minimum atomic E-state index is -0.628. The van der Waals surface area contributed by atoms with Crippen LogP contribution in [0.2, 0.25) is 0 Å². The molecule has 4 atom stereocenters. The van der Waals surface area contributed by atoms with E-state index in [-0.39, 0.29) is 0 Å². The van der Waals surface area contributed by atoms with E-state index in [0.29, 0.717) is 24.3 Å². The smallest absolute Gasteiger partial charge is 0.167 e. The summed E-state index contributed by atoms with van der Waals surface area (Å²) < 4.78 is 12.7. The summed E-state index contributed by atoms with van der Waals surface area (Å²) in [6.07, 6.45) is 2.88. The number of fused-ring (bicyclic) bond motifs is 1. The lowest BCUT2D eigenvalue weighted by atomic mass is 10.1. The first-order valence-electron chi connectivity index (χ1n) is 11.2. The van der Waals surface area contributed by atoms with Gasteiger partial charge in [0.25, 0.3) is 0 Å². The Balaban J connectivity index is 1.07. The van der Waals surface area contributed by atoms with Crippen molar-refractivity contribution < 1.29 is 14.4 Å². The second-order valence-corrected chi connectivity index (χ2v) is 9.12. The molecule has 32 heavy (non-hydrogen) atoms. The third-order valence-electron chi connectivity index (χ3n) is 6.92. The normalized spacial score (nSPS) is 25.6. The maximum atomic E-state index is 9.81. The summed E-state index contributed by atoms with van der Waals surface area (Å²) in [4.78, 5) is 6.77. The molecule has 3 aliphatic rings. The molecule has 4 heterocycles.